The molecule has 1 atom stereocenters. The summed E-state index contributed by atoms with van der Waals surface area (Å²) < 4.78 is 28.4. The predicted molar refractivity (Wildman–Crippen MR) is 210 cm³/mol. The van der Waals surface area contributed by atoms with E-state index in [0.717, 1.165) is 71.8 Å². The van der Waals surface area contributed by atoms with Crippen molar-refractivity contribution in [1.82, 2.24) is 19.3 Å². The normalized spacial score (nSPS) is 12.2. The molecule has 11 heteroatoms. The van der Waals surface area contributed by atoms with E-state index in [2.05, 4.69) is 52.3 Å². The van der Waals surface area contributed by atoms with Crippen molar-refractivity contribution in [2.24, 2.45) is 7.05 Å². The Morgan fingerprint density at radius 2 is 1.75 bits per heavy atom. The molecular weight excluding hydrogens is 673 g/mol. The van der Waals surface area contributed by atoms with E-state index in [1.165, 1.54) is 0 Å². The van der Waals surface area contributed by atoms with Crippen LogP contribution in [0.4, 0.5) is 11.4 Å². The maximum atomic E-state index is 13.5. The Hall–Kier alpha value is -4.84. The molecule has 0 radical (unpaired) electrons. The van der Waals surface area contributed by atoms with Crippen LogP contribution in [0.25, 0.3) is 17.2 Å². The van der Waals surface area contributed by atoms with Gasteiger partial charge in [-0.3, -0.25) is 9.48 Å². The molecule has 0 aliphatic heterocycles. The van der Waals surface area contributed by atoms with Crippen molar-refractivity contribution in [2.45, 2.75) is 63.8 Å². The number of hydrogen-bond donors (Lipinski definition) is 1. The Kier molecular flexibility index (Phi) is 14.1. The highest BCUT2D eigenvalue weighted by Crippen LogP contribution is 2.31. The van der Waals surface area contributed by atoms with Crippen molar-refractivity contribution >= 4 is 34.5 Å². The number of imidazole rings is 1. The molecule has 5 rings (SSSR count). The molecular formula is C41H50N6O4S. The smallest absolute Gasteiger partial charge is 0.251 e. The van der Waals surface area contributed by atoms with Gasteiger partial charge in [-0.1, -0.05) is 38.5 Å². The standard InChI is InChI=1S/C41H50N6O4S/c1-6-8-20-50-21-22-51-38-14-9-33(10-15-38)34-11-18-40(45(4)27-32-25-43-46(5)28-32)35(24-34)23-31(3)41(48)44-36-12-16-39(17-13-36)52(49)29-37-26-42-30-47(37)19-7-2/h9-18,23-26,28,30H,6-8,19-22,27,29H2,1-5H3,(H,44,48)/t52-/m0/s1. The lowest BCUT2D eigenvalue weighted by Gasteiger charge is -2.22. The van der Waals surface area contributed by atoms with Crippen molar-refractivity contribution in [1.29, 1.82) is 0 Å². The van der Waals surface area contributed by atoms with Crippen LogP contribution >= 0.6 is 0 Å². The average molecular weight is 723 g/mol. The number of anilines is 2. The van der Waals surface area contributed by atoms with E-state index < -0.39 is 11.2 Å². The number of ether oxygens (including phenoxy) is 2. The molecule has 2 aromatic heterocycles. The summed E-state index contributed by atoms with van der Waals surface area (Å²) in [7, 11) is 3.94. The molecule has 274 valence electrons. The Labute approximate surface area is 310 Å². The number of aryl methyl sites for hydroxylation is 2. The van der Waals surface area contributed by atoms with Gasteiger partial charge in [0.25, 0.3) is 5.91 Å². The van der Waals surface area contributed by atoms with Gasteiger partial charge in [0.1, 0.15) is 12.4 Å². The number of carbonyl (C=O) groups excluding carboxylic acids is 1. The summed E-state index contributed by atoms with van der Waals surface area (Å²) in [5.41, 5.74) is 7.16. The quantitative estimate of drug-likeness (QED) is 0.0525. The van der Waals surface area contributed by atoms with E-state index >= 15 is 0 Å². The Morgan fingerprint density at radius 3 is 2.46 bits per heavy atom. The maximum Gasteiger partial charge on any atom is 0.251 e. The summed E-state index contributed by atoms with van der Waals surface area (Å²) in [5.74, 6) is 0.960. The topological polar surface area (TPSA) is 110 Å². The van der Waals surface area contributed by atoms with Crippen LogP contribution in [0.15, 0.2) is 102 Å². The van der Waals surface area contributed by atoms with Crippen molar-refractivity contribution in [3.8, 4) is 16.9 Å². The molecule has 0 spiro atoms. The number of nitrogens with zero attached hydrogens (tertiary/aromatic N) is 5. The monoisotopic (exact) mass is 722 g/mol. The Morgan fingerprint density at radius 1 is 0.981 bits per heavy atom. The second-order valence-corrected chi connectivity index (χ2v) is 14.3. The molecule has 10 nitrogen and oxygen atoms in total. The second-order valence-electron chi connectivity index (χ2n) is 12.9. The molecule has 0 bridgehead atoms. The summed E-state index contributed by atoms with van der Waals surface area (Å²) in [5, 5.41) is 7.33. The maximum absolute atomic E-state index is 13.5. The molecule has 1 N–H and O–H groups in total. The molecule has 5 aromatic rings. The van der Waals surface area contributed by atoms with E-state index in [0.29, 0.717) is 41.7 Å². The summed E-state index contributed by atoms with van der Waals surface area (Å²) in [4.78, 5) is 20.6. The lowest BCUT2D eigenvalue weighted by molar-refractivity contribution is -0.112. The molecule has 3 aromatic carbocycles. The minimum Gasteiger partial charge on any atom is -0.611 e. The highest BCUT2D eigenvalue weighted by Gasteiger charge is 2.16. The van der Waals surface area contributed by atoms with Gasteiger partial charge in [0.15, 0.2) is 10.6 Å². The number of rotatable bonds is 19. The van der Waals surface area contributed by atoms with Gasteiger partial charge in [-0.05, 0) is 102 Å². The third kappa shape index (κ3) is 10.8. The van der Waals surface area contributed by atoms with Crippen molar-refractivity contribution in [3.63, 3.8) is 0 Å². The van der Waals surface area contributed by atoms with Gasteiger partial charge in [0, 0.05) is 62.5 Å². The Balaban J connectivity index is 1.30. The number of unbranched alkanes of at least 4 members (excludes halogenated alkanes) is 1. The first-order chi connectivity index (χ1) is 25.2. The van der Waals surface area contributed by atoms with E-state index in [-0.39, 0.29) is 5.91 Å². The van der Waals surface area contributed by atoms with Gasteiger partial charge in [-0.25, -0.2) is 4.98 Å². The van der Waals surface area contributed by atoms with Crippen molar-refractivity contribution in [2.75, 3.05) is 37.1 Å². The van der Waals surface area contributed by atoms with Crippen LogP contribution in [0.5, 0.6) is 5.75 Å². The van der Waals surface area contributed by atoms with Crippen LogP contribution in [0.3, 0.4) is 0 Å². The van der Waals surface area contributed by atoms with Gasteiger partial charge >= 0.3 is 0 Å². The first-order valence-corrected chi connectivity index (χ1v) is 19.2. The van der Waals surface area contributed by atoms with Crippen molar-refractivity contribution < 1.29 is 18.8 Å². The molecule has 2 heterocycles. The number of benzene rings is 3. The highest BCUT2D eigenvalue weighted by atomic mass is 32.2. The van der Waals surface area contributed by atoms with Gasteiger partial charge in [-0.2, -0.15) is 5.10 Å². The van der Waals surface area contributed by atoms with Crippen LogP contribution in [-0.4, -0.2) is 56.7 Å². The zero-order chi connectivity index (χ0) is 36.9. The third-order valence-corrected chi connectivity index (χ3v) is 9.95. The lowest BCUT2D eigenvalue weighted by atomic mass is 9.99. The number of carbonyl (C=O) groups is 1. The van der Waals surface area contributed by atoms with E-state index in [1.807, 2.05) is 68.3 Å². The highest BCUT2D eigenvalue weighted by molar-refractivity contribution is 7.90. The third-order valence-electron chi connectivity index (χ3n) is 8.59. The molecule has 1 amide bonds. The predicted octanol–water partition coefficient (Wildman–Crippen LogP) is 7.88. The number of nitrogens with one attached hydrogen (secondary N) is 1. The average Bonchev–Trinajstić information content (AvgIpc) is 3.77. The minimum atomic E-state index is -1.23. The molecule has 0 aliphatic rings. The summed E-state index contributed by atoms with van der Waals surface area (Å²) in [6.07, 6.45) is 12.5. The van der Waals surface area contributed by atoms with Crippen molar-refractivity contribution in [3.05, 3.63) is 114 Å². The van der Waals surface area contributed by atoms with Gasteiger partial charge in [0.2, 0.25) is 0 Å². The van der Waals surface area contributed by atoms with Crippen LogP contribution in [0.2, 0.25) is 0 Å². The number of amides is 1. The fourth-order valence-electron chi connectivity index (χ4n) is 5.77. The van der Waals surface area contributed by atoms with E-state index in [1.54, 1.807) is 41.5 Å². The SMILES string of the molecule is CCCCOCCOc1ccc(-c2ccc(N(C)Cc3cnn(C)c3)c(C=C(C)C(=O)Nc3ccc([S@@+]([O-])Cc4cncn4CCC)cc3)c2)cc1. The van der Waals surface area contributed by atoms with E-state index in [4.69, 9.17) is 9.47 Å². The second kappa shape index (κ2) is 19.1. The molecule has 0 unspecified atom stereocenters. The van der Waals surface area contributed by atoms with Gasteiger partial charge < -0.3 is 28.8 Å². The largest absolute Gasteiger partial charge is 0.611 e. The molecule has 52 heavy (non-hydrogen) atoms. The lowest BCUT2D eigenvalue weighted by Crippen LogP contribution is -2.17. The van der Waals surface area contributed by atoms with Crippen LogP contribution in [-0.2, 0) is 46.6 Å². The number of hydrogen-bond acceptors (Lipinski definition) is 7. The first kappa shape index (κ1) is 38.4. The molecule has 0 fully saturated rings. The van der Waals surface area contributed by atoms with E-state index in [9.17, 15) is 9.35 Å². The summed E-state index contributed by atoms with van der Waals surface area (Å²) >= 11 is -1.23. The summed E-state index contributed by atoms with van der Waals surface area (Å²) in [6.45, 7) is 9.39. The Bertz CT molecular complexity index is 1900. The fraction of sp³-hybridized carbons (Fsp3) is 0.341. The molecule has 0 saturated heterocycles. The zero-order valence-corrected chi connectivity index (χ0v) is 31.7. The number of aromatic nitrogens is 4. The zero-order valence-electron chi connectivity index (χ0n) is 30.9. The van der Waals surface area contributed by atoms with Gasteiger partial charge in [-0.15, -0.1) is 0 Å². The molecule has 0 saturated carbocycles. The fourth-order valence-corrected chi connectivity index (χ4v) is 6.88. The van der Waals surface area contributed by atoms with Gasteiger partial charge in [0.05, 0.1) is 31.0 Å². The minimum absolute atomic E-state index is 0.219. The van der Waals surface area contributed by atoms with Crippen LogP contribution in [0, 0.1) is 0 Å². The first-order valence-electron chi connectivity index (χ1n) is 17.8. The van der Waals surface area contributed by atoms with Crippen LogP contribution < -0.4 is 15.0 Å². The van der Waals surface area contributed by atoms with Crippen LogP contribution in [0.1, 0.15) is 56.9 Å². The molecule has 0 aliphatic carbocycles. The summed E-state index contributed by atoms with van der Waals surface area (Å²) in [6, 6.07) is 21.5.